The fraction of sp³-hybridized carbons (Fsp3) is 0.882. The van der Waals surface area contributed by atoms with Crippen LogP contribution >= 0.6 is 0 Å². The molecule has 0 rings (SSSR count). The normalized spacial score (nSPS) is 13.0. The molecule has 4 heteroatoms. The lowest BCUT2D eigenvalue weighted by Crippen LogP contribution is -2.30. The Morgan fingerprint density at radius 2 is 1.52 bits per heavy atom. The largest absolute Gasteiger partial charge is 0.481 e. The van der Waals surface area contributed by atoms with Crippen LogP contribution in [-0.2, 0) is 14.3 Å². The summed E-state index contributed by atoms with van der Waals surface area (Å²) in [5.74, 6) is -2.23. The van der Waals surface area contributed by atoms with Crippen LogP contribution in [0.4, 0.5) is 0 Å². The molecule has 0 aromatic carbocycles. The minimum absolute atomic E-state index is 0. The van der Waals surface area contributed by atoms with E-state index in [1.165, 1.54) is 0 Å². The molecule has 0 spiro atoms. The Balaban J connectivity index is -0.000000213. The molecular formula is C17H40O4. The van der Waals surface area contributed by atoms with Crippen LogP contribution in [-0.4, -0.2) is 23.7 Å². The van der Waals surface area contributed by atoms with Gasteiger partial charge in [0, 0.05) is 0 Å². The fourth-order valence-corrected chi connectivity index (χ4v) is 1.62. The Kier molecular flexibility index (Phi) is 25.9. The van der Waals surface area contributed by atoms with Gasteiger partial charge in [-0.25, -0.2) is 0 Å². The lowest BCUT2D eigenvalue weighted by molar-refractivity contribution is -0.157. The van der Waals surface area contributed by atoms with Gasteiger partial charge in [-0.15, -0.1) is 0 Å². The molecular weight excluding hydrogens is 268 g/mol. The van der Waals surface area contributed by atoms with Gasteiger partial charge in [-0.05, 0) is 18.8 Å². The van der Waals surface area contributed by atoms with E-state index in [9.17, 15) is 9.59 Å². The molecule has 21 heavy (non-hydrogen) atoms. The average Bonchev–Trinajstić information content (AvgIpc) is 2.31. The zero-order valence-electron chi connectivity index (χ0n) is 11.2. The summed E-state index contributed by atoms with van der Waals surface area (Å²) in [5, 5.41) is 9.15. The zero-order chi connectivity index (χ0) is 13.4. The van der Waals surface area contributed by atoms with Crippen molar-refractivity contribution in [3.63, 3.8) is 0 Å². The van der Waals surface area contributed by atoms with E-state index in [2.05, 4.69) is 0 Å². The summed E-state index contributed by atoms with van der Waals surface area (Å²) in [7, 11) is 0. The first kappa shape index (κ1) is 32.0. The van der Waals surface area contributed by atoms with Crippen LogP contribution < -0.4 is 0 Å². The minimum atomic E-state index is -0.911. The van der Waals surface area contributed by atoms with E-state index in [1.54, 1.807) is 6.92 Å². The summed E-state index contributed by atoms with van der Waals surface area (Å²) in [6.45, 7) is 7.92. The minimum Gasteiger partial charge on any atom is -0.481 e. The zero-order valence-corrected chi connectivity index (χ0v) is 11.2. The number of rotatable bonds is 8. The first-order chi connectivity index (χ1) is 7.93. The average molecular weight is 309 g/mol. The van der Waals surface area contributed by atoms with Crippen LogP contribution in [0.15, 0.2) is 0 Å². The molecule has 0 saturated carbocycles. The molecule has 4 nitrogen and oxygen atoms in total. The Bertz CT molecular complexity index is 251. The number of carbonyl (C=O) groups is 2. The van der Waals surface area contributed by atoms with E-state index in [-0.39, 0.29) is 29.7 Å². The standard InChI is InChI=1S/C13H24O4.4CH4/c1-5-7-17-13(16)10(4)11(12(14)15)8-9(3)6-2;;;;/h9-11H,5-8H2,1-4H3,(H,14,15);4*1H4. The molecule has 0 aromatic rings. The number of carboxylic acids is 1. The van der Waals surface area contributed by atoms with Crippen molar-refractivity contribution >= 4 is 11.9 Å². The number of aliphatic carboxylic acids is 1. The van der Waals surface area contributed by atoms with Crippen molar-refractivity contribution in [1.82, 2.24) is 0 Å². The number of esters is 1. The van der Waals surface area contributed by atoms with Gasteiger partial charge in [0.2, 0.25) is 0 Å². The molecule has 0 fully saturated rings. The predicted molar refractivity (Wildman–Crippen MR) is 92.5 cm³/mol. The monoisotopic (exact) mass is 308 g/mol. The molecule has 132 valence electrons. The van der Waals surface area contributed by atoms with Gasteiger partial charge in [-0.1, -0.05) is 63.8 Å². The number of hydrogen-bond acceptors (Lipinski definition) is 3. The van der Waals surface area contributed by atoms with E-state index in [0.29, 0.717) is 18.9 Å². The molecule has 0 radical (unpaired) electrons. The smallest absolute Gasteiger partial charge is 0.309 e. The van der Waals surface area contributed by atoms with E-state index in [1.807, 2.05) is 20.8 Å². The first-order valence-electron chi connectivity index (χ1n) is 6.33. The lowest BCUT2D eigenvalue weighted by Gasteiger charge is -2.21. The van der Waals surface area contributed by atoms with Crippen LogP contribution in [0, 0.1) is 17.8 Å². The highest BCUT2D eigenvalue weighted by Crippen LogP contribution is 2.23. The van der Waals surface area contributed by atoms with Gasteiger partial charge in [0.25, 0.3) is 0 Å². The number of ether oxygens (including phenoxy) is 1. The van der Waals surface area contributed by atoms with Gasteiger partial charge in [-0.3, -0.25) is 9.59 Å². The van der Waals surface area contributed by atoms with Gasteiger partial charge in [0.15, 0.2) is 0 Å². The summed E-state index contributed by atoms with van der Waals surface area (Å²) >= 11 is 0. The second-order valence-electron chi connectivity index (χ2n) is 4.65. The highest BCUT2D eigenvalue weighted by molar-refractivity contribution is 5.80. The Morgan fingerprint density at radius 3 is 1.86 bits per heavy atom. The maximum atomic E-state index is 11.6. The van der Waals surface area contributed by atoms with E-state index in [4.69, 9.17) is 9.84 Å². The van der Waals surface area contributed by atoms with Crippen LogP contribution in [0.25, 0.3) is 0 Å². The van der Waals surface area contributed by atoms with Crippen LogP contribution in [0.5, 0.6) is 0 Å². The molecule has 0 aliphatic rings. The summed E-state index contributed by atoms with van der Waals surface area (Å²) in [5.41, 5.74) is 0. The molecule has 0 saturated heterocycles. The van der Waals surface area contributed by atoms with Crippen molar-refractivity contribution in [2.75, 3.05) is 6.61 Å². The van der Waals surface area contributed by atoms with Gasteiger partial charge in [0.1, 0.15) is 0 Å². The summed E-state index contributed by atoms with van der Waals surface area (Å²) in [6.07, 6.45) is 2.19. The molecule has 3 unspecified atom stereocenters. The van der Waals surface area contributed by atoms with Crippen molar-refractivity contribution in [3.05, 3.63) is 0 Å². The third kappa shape index (κ3) is 12.4. The number of carbonyl (C=O) groups excluding carboxylic acids is 1. The van der Waals surface area contributed by atoms with E-state index < -0.39 is 23.8 Å². The highest BCUT2D eigenvalue weighted by Gasteiger charge is 2.31. The topological polar surface area (TPSA) is 63.6 Å². The molecule has 0 aliphatic heterocycles. The quantitative estimate of drug-likeness (QED) is 0.621. The van der Waals surface area contributed by atoms with Crippen molar-refractivity contribution in [2.45, 2.75) is 76.7 Å². The first-order valence-corrected chi connectivity index (χ1v) is 6.33. The highest BCUT2D eigenvalue weighted by atomic mass is 16.5. The molecule has 1 N–H and O–H groups in total. The summed E-state index contributed by atoms with van der Waals surface area (Å²) in [6, 6.07) is 0. The number of carboxylic acid groups (broad SMARTS) is 1. The van der Waals surface area contributed by atoms with Gasteiger partial charge in [-0.2, -0.15) is 0 Å². The van der Waals surface area contributed by atoms with Crippen LogP contribution in [0.3, 0.4) is 0 Å². The Hall–Kier alpha value is -1.06. The molecule has 0 aliphatic carbocycles. The second kappa shape index (κ2) is 17.0. The van der Waals surface area contributed by atoms with Crippen molar-refractivity contribution < 1.29 is 19.4 Å². The van der Waals surface area contributed by atoms with Crippen LogP contribution in [0.1, 0.15) is 76.7 Å². The summed E-state index contributed by atoms with van der Waals surface area (Å²) in [4.78, 5) is 22.8. The second-order valence-corrected chi connectivity index (χ2v) is 4.65. The fourth-order valence-electron chi connectivity index (χ4n) is 1.62. The van der Waals surface area contributed by atoms with Gasteiger partial charge >= 0.3 is 11.9 Å². The third-order valence-corrected chi connectivity index (χ3v) is 3.09. The van der Waals surface area contributed by atoms with Crippen molar-refractivity contribution in [3.8, 4) is 0 Å². The van der Waals surface area contributed by atoms with E-state index >= 15 is 0 Å². The van der Waals surface area contributed by atoms with Crippen LogP contribution in [0.2, 0.25) is 0 Å². The Labute approximate surface area is 133 Å². The van der Waals surface area contributed by atoms with E-state index in [0.717, 1.165) is 12.8 Å². The predicted octanol–water partition coefficient (Wildman–Crippen LogP) is 5.26. The molecule has 0 amide bonds. The lowest BCUT2D eigenvalue weighted by atomic mass is 9.85. The Morgan fingerprint density at radius 1 is 1.05 bits per heavy atom. The van der Waals surface area contributed by atoms with Crippen molar-refractivity contribution in [2.24, 2.45) is 17.8 Å². The third-order valence-electron chi connectivity index (χ3n) is 3.09. The maximum absolute atomic E-state index is 11.6. The molecule has 0 heterocycles. The van der Waals surface area contributed by atoms with Gasteiger partial charge < -0.3 is 9.84 Å². The number of hydrogen-bond donors (Lipinski definition) is 1. The molecule has 0 bridgehead atoms. The molecule has 0 aromatic heterocycles. The maximum Gasteiger partial charge on any atom is 0.309 e. The molecule has 3 atom stereocenters. The summed E-state index contributed by atoms with van der Waals surface area (Å²) < 4.78 is 5.00. The van der Waals surface area contributed by atoms with Crippen molar-refractivity contribution in [1.29, 1.82) is 0 Å². The van der Waals surface area contributed by atoms with Gasteiger partial charge in [0.05, 0.1) is 18.4 Å². The SMILES string of the molecule is C.C.C.C.CCCOC(=O)C(C)C(CC(C)CC)C(=O)O.